The molecule has 1 atom stereocenters. The molecule has 0 radical (unpaired) electrons. The lowest BCUT2D eigenvalue weighted by Gasteiger charge is -2.14. The number of rotatable bonds is 0. The van der Waals surface area contributed by atoms with E-state index in [-0.39, 0.29) is 6.42 Å². The van der Waals surface area contributed by atoms with Crippen molar-refractivity contribution in [2.45, 2.75) is 17.2 Å². The van der Waals surface area contributed by atoms with Gasteiger partial charge in [-0.1, -0.05) is 31.9 Å². The Kier molecular flexibility index (Phi) is 2.42. The molecule has 0 heterocycles. The summed E-state index contributed by atoms with van der Waals surface area (Å²) in [6.45, 7) is 0. The lowest BCUT2D eigenvalue weighted by atomic mass is 10.1. The molecule has 1 unspecified atom stereocenters. The van der Waals surface area contributed by atoms with E-state index in [0.29, 0.717) is 10.0 Å². The molecule has 0 aliphatic heterocycles. The molecule has 0 fully saturated rings. The maximum atomic E-state index is 13.5. The highest BCUT2D eigenvalue weighted by Crippen LogP contribution is 2.48. The predicted octanol–water partition coefficient (Wildman–Crippen LogP) is 4.00. The Balaban J connectivity index is 2.70. The van der Waals surface area contributed by atoms with Crippen molar-refractivity contribution in [3.05, 3.63) is 33.5 Å². The topological polar surface area (TPSA) is 0 Å². The summed E-state index contributed by atoms with van der Waals surface area (Å²) in [7, 11) is 0. The van der Waals surface area contributed by atoms with Crippen LogP contribution in [0.3, 0.4) is 0 Å². The fourth-order valence-electron chi connectivity index (χ4n) is 1.62. The number of hydrogen-bond donors (Lipinski definition) is 0. The van der Waals surface area contributed by atoms with Crippen molar-refractivity contribution < 1.29 is 13.2 Å². The molecule has 14 heavy (non-hydrogen) atoms. The van der Waals surface area contributed by atoms with Crippen molar-refractivity contribution >= 4 is 31.9 Å². The minimum absolute atomic E-state index is 0.140. The summed E-state index contributed by atoms with van der Waals surface area (Å²) in [5, 5.41) is 0. The monoisotopic (exact) mass is 328 g/mol. The zero-order valence-corrected chi connectivity index (χ0v) is 10.0. The first-order valence-corrected chi connectivity index (χ1v) is 5.64. The highest BCUT2D eigenvalue weighted by molar-refractivity contribution is 9.10. The van der Waals surface area contributed by atoms with Gasteiger partial charge in [0.2, 0.25) is 0 Å². The third kappa shape index (κ3) is 1.33. The molecule has 0 amide bonds. The molecular weight excluding hydrogens is 325 g/mol. The minimum atomic E-state index is -3.12. The van der Waals surface area contributed by atoms with Gasteiger partial charge >= 0.3 is 0 Å². The molecule has 1 aromatic rings. The Morgan fingerprint density at radius 1 is 1.36 bits per heavy atom. The van der Waals surface area contributed by atoms with Crippen LogP contribution in [-0.2, 0) is 12.3 Å². The molecule has 5 heteroatoms. The third-order valence-electron chi connectivity index (χ3n) is 2.31. The molecule has 1 aromatic carbocycles. The average Bonchev–Trinajstić information content (AvgIpc) is 2.33. The van der Waals surface area contributed by atoms with Crippen molar-refractivity contribution in [3.63, 3.8) is 0 Å². The first kappa shape index (κ1) is 10.5. The smallest absolute Gasteiger partial charge is 0.206 e. The maximum Gasteiger partial charge on any atom is 0.288 e. The Morgan fingerprint density at radius 2 is 2.00 bits per heavy atom. The fraction of sp³-hybridized carbons (Fsp3) is 0.333. The summed E-state index contributed by atoms with van der Waals surface area (Å²) < 4.78 is 40.7. The van der Waals surface area contributed by atoms with E-state index in [4.69, 9.17) is 0 Å². The van der Waals surface area contributed by atoms with E-state index in [9.17, 15) is 13.2 Å². The van der Waals surface area contributed by atoms with Gasteiger partial charge in [-0.3, -0.25) is 0 Å². The van der Waals surface area contributed by atoms with E-state index in [1.807, 2.05) is 0 Å². The number of halogens is 5. The van der Waals surface area contributed by atoms with Crippen molar-refractivity contribution in [2.75, 3.05) is 0 Å². The van der Waals surface area contributed by atoms with E-state index >= 15 is 0 Å². The zero-order chi connectivity index (χ0) is 10.5. The number of fused-ring (bicyclic) bond motifs is 1. The van der Waals surface area contributed by atoms with Crippen LogP contribution in [0.1, 0.15) is 11.1 Å². The van der Waals surface area contributed by atoms with Gasteiger partial charge < -0.3 is 0 Å². The summed E-state index contributed by atoms with van der Waals surface area (Å²) >= 11 is 6.01. The molecule has 0 spiro atoms. The first-order chi connectivity index (χ1) is 6.44. The predicted molar refractivity (Wildman–Crippen MR) is 54.4 cm³/mol. The molecule has 0 saturated heterocycles. The van der Waals surface area contributed by atoms with Crippen LogP contribution < -0.4 is 0 Å². The molecule has 76 valence electrons. The molecule has 1 aliphatic rings. The quantitative estimate of drug-likeness (QED) is 0.631. The molecule has 0 aromatic heterocycles. The molecule has 1 aliphatic carbocycles. The number of benzene rings is 1. The molecule has 0 bridgehead atoms. The Hall–Kier alpha value is -0.0300. The number of hydrogen-bond acceptors (Lipinski definition) is 0. The SMILES string of the molecule is Fc1ccc(Br)c2c1C(F)(F)C(Br)C2. The molecule has 0 nitrogen and oxygen atoms in total. The van der Waals surface area contributed by atoms with Gasteiger partial charge in [0.05, 0.1) is 10.4 Å². The van der Waals surface area contributed by atoms with Crippen LogP contribution in [0.15, 0.2) is 16.6 Å². The zero-order valence-electron chi connectivity index (χ0n) is 6.83. The lowest BCUT2D eigenvalue weighted by molar-refractivity contribution is 0.00309. The summed E-state index contributed by atoms with van der Waals surface area (Å²) in [5.41, 5.74) is -0.120. The van der Waals surface area contributed by atoms with E-state index < -0.39 is 22.1 Å². The lowest BCUT2D eigenvalue weighted by Crippen LogP contribution is -2.21. The van der Waals surface area contributed by atoms with Crippen LogP contribution in [0.5, 0.6) is 0 Å². The van der Waals surface area contributed by atoms with Crippen LogP contribution in [0, 0.1) is 5.82 Å². The Morgan fingerprint density at radius 3 is 2.57 bits per heavy atom. The Labute approximate surface area is 95.8 Å². The highest BCUT2D eigenvalue weighted by atomic mass is 79.9. The van der Waals surface area contributed by atoms with Crippen LogP contribution in [0.2, 0.25) is 0 Å². The summed E-state index contributed by atoms with van der Waals surface area (Å²) in [4.78, 5) is -1.02. The van der Waals surface area contributed by atoms with Gasteiger partial charge in [0.15, 0.2) is 0 Å². The second-order valence-electron chi connectivity index (χ2n) is 3.18. The normalized spacial score (nSPS) is 23.6. The van der Waals surface area contributed by atoms with Gasteiger partial charge in [-0.25, -0.2) is 4.39 Å². The van der Waals surface area contributed by atoms with Crippen LogP contribution in [0.4, 0.5) is 13.2 Å². The van der Waals surface area contributed by atoms with Crippen molar-refractivity contribution in [1.82, 2.24) is 0 Å². The molecule has 2 rings (SSSR count). The van der Waals surface area contributed by atoms with Gasteiger partial charge in [-0.05, 0) is 24.1 Å². The van der Waals surface area contributed by atoms with Gasteiger partial charge in [0, 0.05) is 4.47 Å². The van der Waals surface area contributed by atoms with Crippen LogP contribution in [0.25, 0.3) is 0 Å². The summed E-state index contributed by atoms with van der Waals surface area (Å²) in [6, 6.07) is 2.51. The fourth-order valence-corrected chi connectivity index (χ4v) is 2.66. The maximum absolute atomic E-state index is 13.5. The summed E-state index contributed by atoms with van der Waals surface area (Å²) in [5.74, 6) is -3.96. The summed E-state index contributed by atoms with van der Waals surface area (Å²) in [6.07, 6.45) is 0.140. The van der Waals surface area contributed by atoms with Crippen molar-refractivity contribution in [2.24, 2.45) is 0 Å². The van der Waals surface area contributed by atoms with Gasteiger partial charge in [-0.2, -0.15) is 8.78 Å². The second-order valence-corrected chi connectivity index (χ2v) is 5.14. The van der Waals surface area contributed by atoms with Gasteiger partial charge in [0.25, 0.3) is 5.92 Å². The minimum Gasteiger partial charge on any atom is -0.206 e. The first-order valence-electron chi connectivity index (χ1n) is 3.94. The average molecular weight is 330 g/mol. The molecule has 0 N–H and O–H groups in total. The highest BCUT2D eigenvalue weighted by Gasteiger charge is 2.49. The van der Waals surface area contributed by atoms with Gasteiger partial charge in [-0.15, -0.1) is 0 Å². The van der Waals surface area contributed by atoms with Crippen molar-refractivity contribution in [1.29, 1.82) is 0 Å². The van der Waals surface area contributed by atoms with E-state index in [1.54, 1.807) is 0 Å². The van der Waals surface area contributed by atoms with Gasteiger partial charge in [0.1, 0.15) is 5.82 Å². The molecular formula is C9H5Br2F3. The second kappa shape index (κ2) is 3.23. The van der Waals surface area contributed by atoms with Crippen LogP contribution >= 0.6 is 31.9 Å². The third-order valence-corrected chi connectivity index (χ3v) is 3.96. The molecule has 0 saturated carbocycles. The largest absolute Gasteiger partial charge is 0.288 e. The number of alkyl halides is 3. The Bertz CT molecular complexity index is 390. The van der Waals surface area contributed by atoms with E-state index in [2.05, 4.69) is 31.9 Å². The van der Waals surface area contributed by atoms with Crippen LogP contribution in [-0.4, -0.2) is 4.83 Å². The standard InChI is InChI=1S/C9H5Br2F3/c10-5-1-2-6(12)8-4(5)3-7(11)9(8,13)14/h1-2,7H,3H2. The van der Waals surface area contributed by atoms with Crippen molar-refractivity contribution in [3.8, 4) is 0 Å². The van der Waals surface area contributed by atoms with E-state index in [1.165, 1.54) is 6.07 Å². The van der Waals surface area contributed by atoms with E-state index in [0.717, 1.165) is 6.07 Å².